The summed E-state index contributed by atoms with van der Waals surface area (Å²) in [5.74, 6) is 0.159. The second kappa shape index (κ2) is 7.20. The van der Waals surface area contributed by atoms with Gasteiger partial charge in [-0.2, -0.15) is 5.10 Å². The van der Waals surface area contributed by atoms with Crippen LogP contribution >= 0.6 is 0 Å². The zero-order valence-corrected chi connectivity index (χ0v) is 16.5. The predicted molar refractivity (Wildman–Crippen MR) is 112 cm³/mol. The fourth-order valence-electron chi connectivity index (χ4n) is 3.09. The smallest absolute Gasteiger partial charge is 0.238 e. The standard InChI is InChI=1S/C22H19N3O3S/c1-15-5-7-16(8-6-15)22-14-21(17-3-2-4-19(26)13-17)24-25(22)18-9-11-20(12-10-18)29(23,27)28/h2-14,26H,1H3,(H2,23,27,28). The summed E-state index contributed by atoms with van der Waals surface area (Å²) < 4.78 is 24.9. The van der Waals surface area contributed by atoms with Gasteiger partial charge in [0.25, 0.3) is 0 Å². The first kappa shape index (κ1) is 18.9. The summed E-state index contributed by atoms with van der Waals surface area (Å²) in [4.78, 5) is 0.0403. The average Bonchev–Trinajstić information content (AvgIpc) is 3.13. The maximum absolute atomic E-state index is 11.6. The van der Waals surface area contributed by atoms with Crippen LogP contribution in [0.25, 0.3) is 28.2 Å². The third-order valence-corrected chi connectivity index (χ3v) is 5.54. The Morgan fingerprint density at radius 2 is 1.59 bits per heavy atom. The number of phenolic OH excluding ortho intramolecular Hbond substituents is 1. The largest absolute Gasteiger partial charge is 0.508 e. The average molecular weight is 405 g/mol. The molecule has 1 heterocycles. The third kappa shape index (κ3) is 3.91. The van der Waals surface area contributed by atoms with Gasteiger partial charge in [0, 0.05) is 11.1 Å². The second-order valence-electron chi connectivity index (χ2n) is 6.78. The number of nitrogens with two attached hydrogens (primary N) is 1. The summed E-state index contributed by atoms with van der Waals surface area (Å²) >= 11 is 0. The lowest BCUT2D eigenvalue weighted by atomic mass is 10.1. The number of aryl methyl sites for hydroxylation is 1. The molecule has 3 aromatic carbocycles. The van der Waals surface area contributed by atoms with Gasteiger partial charge < -0.3 is 5.11 Å². The van der Waals surface area contributed by atoms with Gasteiger partial charge in [-0.05, 0) is 49.4 Å². The number of nitrogens with zero attached hydrogens (tertiary/aromatic N) is 2. The Morgan fingerprint density at radius 1 is 0.897 bits per heavy atom. The van der Waals surface area contributed by atoms with Crippen molar-refractivity contribution < 1.29 is 13.5 Å². The van der Waals surface area contributed by atoms with Gasteiger partial charge in [-0.3, -0.25) is 0 Å². The molecule has 4 rings (SSSR count). The monoisotopic (exact) mass is 405 g/mol. The Labute approximate surface area is 168 Å². The van der Waals surface area contributed by atoms with E-state index in [1.165, 1.54) is 12.1 Å². The number of aromatic nitrogens is 2. The van der Waals surface area contributed by atoms with Gasteiger partial charge in [-0.25, -0.2) is 18.2 Å². The topological polar surface area (TPSA) is 98.2 Å². The Hall–Kier alpha value is -3.42. The normalized spacial score (nSPS) is 11.5. The molecule has 0 bridgehead atoms. The maximum Gasteiger partial charge on any atom is 0.238 e. The quantitative estimate of drug-likeness (QED) is 0.538. The van der Waals surface area contributed by atoms with E-state index in [0.29, 0.717) is 11.4 Å². The maximum atomic E-state index is 11.6. The number of sulfonamides is 1. The minimum absolute atomic E-state index is 0.0403. The fourth-order valence-corrected chi connectivity index (χ4v) is 3.61. The molecule has 3 N–H and O–H groups in total. The lowest BCUT2D eigenvalue weighted by molar-refractivity contribution is 0.475. The number of hydrogen-bond donors (Lipinski definition) is 2. The van der Waals surface area contributed by atoms with Gasteiger partial charge in [0.15, 0.2) is 0 Å². The molecule has 0 fully saturated rings. The molecule has 0 atom stereocenters. The van der Waals surface area contributed by atoms with Crippen LogP contribution in [0.1, 0.15) is 5.56 Å². The highest BCUT2D eigenvalue weighted by molar-refractivity contribution is 7.89. The molecule has 0 spiro atoms. The van der Waals surface area contributed by atoms with Crippen LogP contribution in [0, 0.1) is 6.92 Å². The summed E-state index contributed by atoms with van der Waals surface area (Å²) in [6.45, 7) is 2.02. The summed E-state index contributed by atoms with van der Waals surface area (Å²) in [6, 6.07) is 23.1. The molecular formula is C22H19N3O3S. The minimum Gasteiger partial charge on any atom is -0.508 e. The van der Waals surface area contributed by atoms with Crippen molar-refractivity contribution in [3.63, 3.8) is 0 Å². The van der Waals surface area contributed by atoms with Gasteiger partial charge in [-0.15, -0.1) is 0 Å². The SMILES string of the molecule is Cc1ccc(-c2cc(-c3cccc(O)c3)nn2-c2ccc(S(N)(=O)=O)cc2)cc1. The molecule has 0 aliphatic carbocycles. The van der Waals surface area contributed by atoms with Crippen LogP contribution in [0.5, 0.6) is 5.75 Å². The van der Waals surface area contributed by atoms with E-state index in [1.54, 1.807) is 35.0 Å². The first-order valence-electron chi connectivity index (χ1n) is 8.91. The molecule has 0 aliphatic rings. The molecule has 0 amide bonds. The molecule has 1 aromatic heterocycles. The molecule has 4 aromatic rings. The second-order valence-corrected chi connectivity index (χ2v) is 8.34. The Balaban J connectivity index is 1.88. The van der Waals surface area contributed by atoms with Crippen molar-refractivity contribution in [1.29, 1.82) is 0 Å². The van der Waals surface area contributed by atoms with Gasteiger partial charge >= 0.3 is 0 Å². The van der Waals surface area contributed by atoms with E-state index in [1.807, 2.05) is 43.3 Å². The Bertz CT molecular complexity index is 1280. The zero-order chi connectivity index (χ0) is 20.6. The highest BCUT2D eigenvalue weighted by Crippen LogP contribution is 2.30. The first-order valence-corrected chi connectivity index (χ1v) is 10.5. The number of benzene rings is 3. The molecule has 6 nitrogen and oxygen atoms in total. The van der Waals surface area contributed by atoms with Crippen molar-refractivity contribution in [2.45, 2.75) is 11.8 Å². The van der Waals surface area contributed by atoms with Crippen molar-refractivity contribution in [1.82, 2.24) is 9.78 Å². The molecule has 0 saturated heterocycles. The van der Waals surface area contributed by atoms with Crippen molar-refractivity contribution in [2.24, 2.45) is 5.14 Å². The molecule has 29 heavy (non-hydrogen) atoms. The minimum atomic E-state index is -3.77. The summed E-state index contributed by atoms with van der Waals surface area (Å²) in [5, 5.41) is 19.7. The van der Waals surface area contributed by atoms with E-state index >= 15 is 0 Å². The van der Waals surface area contributed by atoms with Crippen LogP contribution < -0.4 is 5.14 Å². The van der Waals surface area contributed by atoms with E-state index in [2.05, 4.69) is 0 Å². The molecule has 0 aliphatic heterocycles. The van der Waals surface area contributed by atoms with Gasteiger partial charge in [0.1, 0.15) is 5.75 Å². The number of rotatable bonds is 4. The Kier molecular flexibility index (Phi) is 4.70. The van der Waals surface area contributed by atoms with Gasteiger partial charge in [0.05, 0.1) is 22.0 Å². The van der Waals surface area contributed by atoms with E-state index in [0.717, 1.165) is 22.4 Å². The lowest BCUT2D eigenvalue weighted by Crippen LogP contribution is -2.12. The van der Waals surface area contributed by atoms with Crippen LogP contribution in [0.3, 0.4) is 0 Å². The van der Waals surface area contributed by atoms with Gasteiger partial charge in [-0.1, -0.05) is 42.0 Å². The number of hydrogen-bond acceptors (Lipinski definition) is 4. The highest BCUT2D eigenvalue weighted by Gasteiger charge is 2.15. The van der Waals surface area contributed by atoms with E-state index < -0.39 is 10.0 Å². The zero-order valence-electron chi connectivity index (χ0n) is 15.6. The third-order valence-electron chi connectivity index (χ3n) is 4.61. The Morgan fingerprint density at radius 3 is 2.21 bits per heavy atom. The molecule has 0 saturated carbocycles. The molecule has 0 unspecified atom stereocenters. The van der Waals surface area contributed by atoms with Crippen molar-refractivity contribution in [3.8, 4) is 34.0 Å². The summed E-state index contributed by atoms with van der Waals surface area (Å²) in [6.07, 6.45) is 0. The molecular weight excluding hydrogens is 386 g/mol. The summed E-state index contributed by atoms with van der Waals surface area (Å²) in [5.41, 5.74) is 5.10. The van der Waals surface area contributed by atoms with Crippen LogP contribution in [-0.2, 0) is 10.0 Å². The first-order chi connectivity index (χ1) is 13.8. The highest BCUT2D eigenvalue weighted by atomic mass is 32.2. The lowest BCUT2D eigenvalue weighted by Gasteiger charge is -2.08. The van der Waals surface area contributed by atoms with E-state index in [4.69, 9.17) is 10.2 Å². The number of phenols is 1. The number of primary sulfonamides is 1. The van der Waals surface area contributed by atoms with E-state index in [9.17, 15) is 13.5 Å². The van der Waals surface area contributed by atoms with E-state index in [-0.39, 0.29) is 10.6 Å². The molecule has 7 heteroatoms. The van der Waals surface area contributed by atoms with Crippen molar-refractivity contribution >= 4 is 10.0 Å². The predicted octanol–water partition coefficient (Wildman–Crippen LogP) is 3.87. The molecule has 0 radical (unpaired) electrons. The molecule has 146 valence electrons. The van der Waals surface area contributed by atoms with Gasteiger partial charge in [0.2, 0.25) is 10.0 Å². The fraction of sp³-hybridized carbons (Fsp3) is 0.0455. The van der Waals surface area contributed by atoms with Crippen molar-refractivity contribution in [3.05, 3.63) is 84.4 Å². The summed E-state index contributed by atoms with van der Waals surface area (Å²) in [7, 11) is -3.77. The van der Waals surface area contributed by atoms with Crippen LogP contribution in [0.15, 0.2) is 83.8 Å². The van der Waals surface area contributed by atoms with Crippen LogP contribution in [-0.4, -0.2) is 23.3 Å². The van der Waals surface area contributed by atoms with Crippen LogP contribution in [0.2, 0.25) is 0 Å². The number of aromatic hydroxyl groups is 1. The van der Waals surface area contributed by atoms with Crippen molar-refractivity contribution in [2.75, 3.05) is 0 Å². The van der Waals surface area contributed by atoms with Crippen LogP contribution in [0.4, 0.5) is 0 Å².